The van der Waals surface area contributed by atoms with Gasteiger partial charge in [0.2, 0.25) is 0 Å². The minimum Gasteiger partial charge on any atom is -0.494 e. The van der Waals surface area contributed by atoms with Crippen LogP contribution in [0.3, 0.4) is 0 Å². The number of hydrogen-bond acceptors (Lipinski definition) is 12. The molecule has 0 aliphatic rings. The highest BCUT2D eigenvalue weighted by atomic mass is 16.5. The number of aromatic amines is 5. The molecule has 17 heteroatoms. The van der Waals surface area contributed by atoms with Crippen molar-refractivity contribution in [1.29, 1.82) is 0 Å². The molecule has 20 rings (SSSR count). The summed E-state index contributed by atoms with van der Waals surface area (Å²) in [5.41, 5.74) is 57.9. The number of aromatic nitrogens is 10. The number of benzene rings is 10. The van der Waals surface area contributed by atoms with Gasteiger partial charge in [0, 0.05) is 119 Å². The number of para-hydroxylation sites is 2. The monoisotopic (exact) mass is 1570 g/mol. The molecular weight excluding hydrogens is 1470 g/mol. The third kappa shape index (κ3) is 17.7. The number of ether oxygens (including phenoxy) is 2. The first-order valence-corrected chi connectivity index (χ1v) is 41.1. The molecule has 10 aromatic heterocycles. The van der Waals surface area contributed by atoms with E-state index in [1.54, 1.807) is 0 Å². The molecule has 20 aromatic rings. The maximum absolute atomic E-state index is 5.79. The third-order valence-electron chi connectivity index (χ3n) is 21.8. The van der Waals surface area contributed by atoms with Crippen LogP contribution in [0.5, 0.6) is 11.5 Å². The van der Waals surface area contributed by atoms with Crippen molar-refractivity contribution < 1.29 is 9.47 Å². The number of nitrogens with two attached hydrogens (primary N) is 5. The zero-order valence-electron chi connectivity index (χ0n) is 67.5. The van der Waals surface area contributed by atoms with Crippen LogP contribution in [-0.4, -0.2) is 95.8 Å². The molecule has 0 aliphatic carbocycles. The van der Waals surface area contributed by atoms with Crippen molar-refractivity contribution in [2.45, 2.75) is 65.7 Å². The van der Waals surface area contributed by atoms with Crippen LogP contribution in [0.1, 0.15) is 59.1 Å². The molecule has 0 spiro atoms. The lowest BCUT2D eigenvalue weighted by Gasteiger charge is -2.09. The lowest BCUT2D eigenvalue weighted by Crippen LogP contribution is -2.10. The Balaban J connectivity index is 0.000000111. The largest absolute Gasteiger partial charge is 0.494 e. The van der Waals surface area contributed by atoms with Crippen molar-refractivity contribution in [1.82, 2.24) is 49.8 Å². The van der Waals surface area contributed by atoms with Gasteiger partial charge >= 0.3 is 0 Å². The van der Waals surface area contributed by atoms with Gasteiger partial charge in [0.25, 0.3) is 0 Å². The van der Waals surface area contributed by atoms with Crippen LogP contribution in [0.15, 0.2) is 286 Å². The summed E-state index contributed by atoms with van der Waals surface area (Å²) < 4.78 is 11.4. The first kappa shape index (κ1) is 79.2. The van der Waals surface area contributed by atoms with E-state index in [9.17, 15) is 0 Å². The second kappa shape index (κ2) is 37.1. The van der Waals surface area contributed by atoms with Crippen LogP contribution in [0.4, 0.5) is 0 Å². The van der Waals surface area contributed by atoms with E-state index in [-0.39, 0.29) is 0 Å². The van der Waals surface area contributed by atoms with Crippen LogP contribution >= 0.6 is 0 Å². The molecule has 0 amide bonds. The molecular formula is C102H99N15O2. The van der Waals surface area contributed by atoms with Crippen molar-refractivity contribution in [3.8, 4) is 67.1 Å². The van der Waals surface area contributed by atoms with Gasteiger partial charge in [-0.2, -0.15) is 0 Å². The predicted molar refractivity (Wildman–Crippen MR) is 495 cm³/mol. The number of nitrogens with one attached hydrogen (secondary N) is 5. The van der Waals surface area contributed by atoms with E-state index in [1.165, 1.54) is 110 Å². The van der Waals surface area contributed by atoms with Crippen molar-refractivity contribution in [2.75, 3.05) is 45.9 Å². The smallest absolute Gasteiger partial charge is 0.138 e. The van der Waals surface area contributed by atoms with E-state index >= 15 is 0 Å². The van der Waals surface area contributed by atoms with E-state index < -0.39 is 0 Å². The summed E-state index contributed by atoms with van der Waals surface area (Å²) in [7, 11) is 0. The number of fused-ring (bicyclic) bond motifs is 15. The Labute approximate surface area is 691 Å². The number of hydrogen-bond donors (Lipinski definition) is 10. The highest BCUT2D eigenvalue weighted by Crippen LogP contribution is 2.41. The van der Waals surface area contributed by atoms with Gasteiger partial charge < -0.3 is 63.1 Å². The normalized spacial score (nSPS) is 11.3. The Morgan fingerprint density at radius 2 is 0.563 bits per heavy atom. The zero-order chi connectivity index (χ0) is 81.6. The fourth-order valence-corrected chi connectivity index (χ4v) is 16.1. The highest BCUT2D eigenvalue weighted by Gasteiger charge is 2.19. The molecule has 0 radical (unpaired) electrons. The van der Waals surface area contributed by atoms with E-state index in [0.717, 1.165) is 165 Å². The lowest BCUT2D eigenvalue weighted by molar-refractivity contribution is 0.313. The first-order valence-electron chi connectivity index (χ1n) is 41.1. The Morgan fingerprint density at radius 1 is 0.252 bits per heavy atom. The van der Waals surface area contributed by atoms with E-state index in [2.05, 4.69) is 271 Å². The average Bonchev–Trinajstić information content (AvgIpc) is 1.69. The van der Waals surface area contributed by atoms with E-state index in [4.69, 9.17) is 38.1 Å². The summed E-state index contributed by atoms with van der Waals surface area (Å²) in [5, 5.41) is 11.9. The number of rotatable bonds is 21. The van der Waals surface area contributed by atoms with E-state index in [0.29, 0.717) is 26.3 Å². The number of pyridine rings is 5. The van der Waals surface area contributed by atoms with Crippen LogP contribution in [0, 0.1) is 20.8 Å². The molecule has 15 N–H and O–H groups in total. The molecule has 17 nitrogen and oxygen atoms in total. The quantitative estimate of drug-likeness (QED) is 0.0301. The van der Waals surface area contributed by atoms with Gasteiger partial charge in [-0.25, -0.2) is 24.9 Å². The average molecular weight is 1570 g/mol. The van der Waals surface area contributed by atoms with E-state index in [1.807, 2.05) is 85.6 Å². The first-order chi connectivity index (χ1) is 58.5. The van der Waals surface area contributed by atoms with Gasteiger partial charge in [-0.3, -0.25) is 0 Å². The Bertz CT molecular complexity index is 6750. The molecule has 10 heterocycles. The molecule has 0 bridgehead atoms. The minimum atomic E-state index is 0.506. The molecule has 0 unspecified atom stereocenters. The topological polar surface area (TPSA) is 292 Å². The van der Waals surface area contributed by atoms with Crippen molar-refractivity contribution in [3.63, 3.8) is 0 Å². The van der Waals surface area contributed by atoms with Gasteiger partial charge in [0.05, 0.1) is 6.61 Å². The zero-order valence-corrected chi connectivity index (χ0v) is 67.5. The molecule has 0 saturated heterocycles. The predicted octanol–water partition coefficient (Wildman–Crippen LogP) is 21.6. The third-order valence-corrected chi connectivity index (χ3v) is 21.8. The van der Waals surface area contributed by atoms with Gasteiger partial charge in [0.1, 0.15) is 46.3 Å². The maximum atomic E-state index is 5.79. The maximum Gasteiger partial charge on any atom is 0.138 e. The molecule has 0 atom stereocenters. The second-order valence-corrected chi connectivity index (χ2v) is 30.2. The number of aryl methyl sites for hydroxylation is 6. The van der Waals surface area contributed by atoms with Gasteiger partial charge in [0.15, 0.2) is 0 Å². The van der Waals surface area contributed by atoms with Crippen LogP contribution in [-0.2, 0) is 19.3 Å². The van der Waals surface area contributed by atoms with Crippen molar-refractivity contribution >= 4 is 110 Å². The fraction of sp³-hybridized carbons (Fsp3) is 0.167. The summed E-state index contributed by atoms with van der Waals surface area (Å²) in [6.07, 6.45) is 16.3. The fourth-order valence-electron chi connectivity index (χ4n) is 16.1. The van der Waals surface area contributed by atoms with Gasteiger partial charge in [-0.15, -0.1) is 0 Å². The summed E-state index contributed by atoms with van der Waals surface area (Å²) in [6.45, 7) is 10.8. The van der Waals surface area contributed by atoms with Gasteiger partial charge in [-0.1, -0.05) is 169 Å². The minimum absolute atomic E-state index is 0.506. The SMILES string of the molecule is Cc1ccc2[nH]c3nccc(-c4cccc(CCCN)c4)c3c2c1.Cc1ccc2c(c1)[nH]c1nccc(-c3cccc(CCCN)c3)c12.Cc1ccc2c(c1)[nH]c1nccc(-c3cccc(CCCN)c3)c12.NCCCOc1cccc(-c2ccnc3[nH]c4ccccc4c23)c1.NCCOc1cccc(-c2ccnc3[nH]c4ccccc4c23)c1. The van der Waals surface area contributed by atoms with Crippen molar-refractivity contribution in [3.05, 3.63) is 319 Å². The molecule has 0 aliphatic heterocycles. The molecule has 594 valence electrons. The Kier molecular flexibility index (Phi) is 24.7. The molecule has 0 fully saturated rings. The summed E-state index contributed by atoms with van der Waals surface area (Å²) in [5.74, 6) is 1.70. The second-order valence-electron chi connectivity index (χ2n) is 30.2. The van der Waals surface area contributed by atoms with Crippen molar-refractivity contribution in [2.24, 2.45) is 28.7 Å². The summed E-state index contributed by atoms with van der Waals surface area (Å²) >= 11 is 0. The Hall–Kier alpha value is -13.7. The highest BCUT2D eigenvalue weighted by molar-refractivity contribution is 6.17. The number of nitrogens with zero attached hydrogens (tertiary/aromatic N) is 5. The van der Waals surface area contributed by atoms with Crippen LogP contribution in [0.2, 0.25) is 0 Å². The van der Waals surface area contributed by atoms with Crippen LogP contribution < -0.4 is 38.1 Å². The summed E-state index contributed by atoms with van der Waals surface area (Å²) in [6, 6.07) is 89.1. The Morgan fingerprint density at radius 3 is 0.941 bits per heavy atom. The number of H-pyrrole nitrogens is 5. The van der Waals surface area contributed by atoms with Crippen LogP contribution in [0.25, 0.3) is 165 Å². The molecule has 10 aromatic carbocycles. The molecule has 119 heavy (non-hydrogen) atoms. The molecule has 0 saturated carbocycles. The standard InChI is InChI=1S/3C21H21N3.C20H19N3O.C19H17N3O/c1-14-7-8-19-18(12-14)20-17(9-11-23-21(20)24-19)16-6-2-4-15(13-16)5-3-10-22;2*1-14-7-8-18-19(12-14)24-21-20(18)17(9-11-23-21)16-6-2-4-15(13-16)5-3-10-22;21-10-4-12-24-15-6-3-5-14(13-15)16-9-11-22-20-19(16)17-7-1-2-8-18(17)23-20;20-9-11-23-14-5-3-4-13(12-14)15-8-10-21-19-18(15)16-6-1-2-7-17(16)22-19/h3*2,4,6-9,11-13H,3,5,10,22H2,1H3,(H,23,24);1-3,5-9,11,13H,4,10,12,21H2,(H,22,23);1-8,10,12H,9,11,20H2,(H,21,22). The summed E-state index contributed by atoms with van der Waals surface area (Å²) in [4.78, 5) is 39.7. The van der Waals surface area contributed by atoms with Gasteiger partial charge in [-0.05, 0) is 266 Å². The lowest BCUT2D eigenvalue weighted by atomic mass is 9.98.